The Morgan fingerprint density at radius 2 is 1.93 bits per heavy atom. The van der Waals surface area contributed by atoms with Crippen LogP contribution in [0.25, 0.3) is 0 Å². The van der Waals surface area contributed by atoms with Gasteiger partial charge < -0.3 is 9.47 Å². The van der Waals surface area contributed by atoms with Crippen molar-refractivity contribution in [1.29, 1.82) is 0 Å². The van der Waals surface area contributed by atoms with Crippen LogP contribution in [0.3, 0.4) is 0 Å². The monoisotopic (exact) mass is 196 g/mol. The van der Waals surface area contributed by atoms with Crippen molar-refractivity contribution in [1.82, 2.24) is 0 Å². The number of carbonyl (C=O) groups is 1. The normalized spacial score (nSPS) is 40.4. The number of hydrogen-bond acceptors (Lipinski definition) is 3. The van der Waals surface area contributed by atoms with Crippen LogP contribution in [-0.4, -0.2) is 24.8 Å². The summed E-state index contributed by atoms with van der Waals surface area (Å²) < 4.78 is 11.6. The molecule has 1 heterocycles. The van der Waals surface area contributed by atoms with Crippen molar-refractivity contribution in [3.05, 3.63) is 0 Å². The largest absolute Gasteiger partial charge is 0.349 e. The third-order valence-corrected chi connectivity index (χ3v) is 3.78. The van der Waals surface area contributed by atoms with Crippen molar-refractivity contribution in [2.24, 2.45) is 11.8 Å². The second-order valence-electron chi connectivity index (χ2n) is 4.74. The van der Waals surface area contributed by atoms with E-state index >= 15 is 0 Å². The minimum atomic E-state index is -0.503. The van der Waals surface area contributed by atoms with Gasteiger partial charge >= 0.3 is 0 Å². The second kappa shape index (κ2) is 3.04. The summed E-state index contributed by atoms with van der Waals surface area (Å²) >= 11 is 0. The molecule has 3 aliphatic rings. The first-order chi connectivity index (χ1) is 6.80. The maximum Gasteiger partial charge on any atom is 0.178 e. The number of hydrogen-bond donors (Lipinski definition) is 0. The predicted molar refractivity (Wildman–Crippen MR) is 49.7 cm³/mol. The lowest BCUT2D eigenvalue weighted by Crippen LogP contribution is -2.44. The van der Waals surface area contributed by atoms with Gasteiger partial charge in [0.05, 0.1) is 19.1 Å². The van der Waals surface area contributed by atoms with Gasteiger partial charge in [0, 0.05) is 12.8 Å². The van der Waals surface area contributed by atoms with Crippen molar-refractivity contribution < 1.29 is 14.3 Å². The molecule has 2 saturated carbocycles. The molecule has 2 aliphatic carbocycles. The number of fused-ring (bicyclic) bond motifs is 3. The minimum absolute atomic E-state index is 0.0469. The SMILES string of the molecule is O=C1CC2CC1C1(C2)OCCCCO1. The summed E-state index contributed by atoms with van der Waals surface area (Å²) in [4.78, 5) is 11.7. The molecule has 2 unspecified atom stereocenters. The average Bonchev–Trinajstić information content (AvgIpc) is 2.56. The highest BCUT2D eigenvalue weighted by Gasteiger charge is 2.57. The Morgan fingerprint density at radius 3 is 2.50 bits per heavy atom. The molecule has 3 rings (SSSR count). The third-order valence-electron chi connectivity index (χ3n) is 3.78. The number of Topliss-reactive ketones (excluding diaryl/α,β-unsaturated/α-hetero) is 1. The Kier molecular flexibility index (Phi) is 1.92. The molecule has 2 bridgehead atoms. The van der Waals surface area contributed by atoms with Crippen LogP contribution in [0.5, 0.6) is 0 Å². The smallest absolute Gasteiger partial charge is 0.178 e. The number of carbonyl (C=O) groups excluding carboxylic acids is 1. The lowest BCUT2D eigenvalue weighted by Gasteiger charge is -2.35. The fraction of sp³-hybridized carbons (Fsp3) is 0.909. The van der Waals surface area contributed by atoms with E-state index in [1.54, 1.807) is 0 Å². The number of ketones is 1. The minimum Gasteiger partial charge on any atom is -0.349 e. The lowest BCUT2D eigenvalue weighted by molar-refractivity contribution is -0.246. The Morgan fingerprint density at radius 1 is 1.21 bits per heavy atom. The zero-order valence-corrected chi connectivity index (χ0v) is 8.33. The summed E-state index contributed by atoms with van der Waals surface area (Å²) in [5.74, 6) is 0.440. The van der Waals surface area contributed by atoms with Crippen molar-refractivity contribution >= 4 is 5.78 Å². The molecular weight excluding hydrogens is 180 g/mol. The highest BCUT2D eigenvalue weighted by Crippen LogP contribution is 2.51. The zero-order valence-electron chi connectivity index (χ0n) is 8.33. The van der Waals surface area contributed by atoms with E-state index in [2.05, 4.69) is 0 Å². The molecule has 0 amide bonds. The van der Waals surface area contributed by atoms with Crippen molar-refractivity contribution in [2.75, 3.05) is 13.2 Å². The van der Waals surface area contributed by atoms with Gasteiger partial charge in [0.2, 0.25) is 0 Å². The molecular formula is C11H16O3. The van der Waals surface area contributed by atoms with E-state index < -0.39 is 5.79 Å². The number of ether oxygens (including phenoxy) is 2. The maximum atomic E-state index is 11.7. The summed E-state index contributed by atoms with van der Waals surface area (Å²) in [6.07, 6.45) is 4.84. The number of rotatable bonds is 0. The predicted octanol–water partition coefficient (Wildman–Crippen LogP) is 1.51. The van der Waals surface area contributed by atoms with Gasteiger partial charge in [0.15, 0.2) is 5.79 Å². The summed E-state index contributed by atoms with van der Waals surface area (Å²) in [6, 6.07) is 0. The summed E-state index contributed by atoms with van der Waals surface area (Å²) in [5.41, 5.74) is 0. The van der Waals surface area contributed by atoms with E-state index in [1.165, 1.54) is 0 Å². The Bertz CT molecular complexity index is 253. The van der Waals surface area contributed by atoms with Gasteiger partial charge in [-0.15, -0.1) is 0 Å². The molecule has 0 N–H and O–H groups in total. The average molecular weight is 196 g/mol. The van der Waals surface area contributed by atoms with E-state index in [0.29, 0.717) is 11.7 Å². The zero-order chi connectivity index (χ0) is 9.60. The molecule has 0 aromatic carbocycles. The van der Waals surface area contributed by atoms with Gasteiger partial charge in [0.1, 0.15) is 5.78 Å². The molecule has 3 heteroatoms. The Hall–Kier alpha value is -0.410. The summed E-state index contributed by atoms with van der Waals surface area (Å²) in [5, 5.41) is 0. The molecule has 3 nitrogen and oxygen atoms in total. The van der Waals surface area contributed by atoms with Gasteiger partial charge in [-0.05, 0) is 25.2 Å². The first-order valence-electron chi connectivity index (χ1n) is 5.61. The van der Waals surface area contributed by atoms with Crippen LogP contribution in [0.1, 0.15) is 32.1 Å². The molecule has 1 aliphatic heterocycles. The van der Waals surface area contributed by atoms with Gasteiger partial charge in [-0.3, -0.25) is 4.79 Å². The van der Waals surface area contributed by atoms with Crippen LogP contribution < -0.4 is 0 Å². The molecule has 2 atom stereocenters. The van der Waals surface area contributed by atoms with E-state index in [4.69, 9.17) is 9.47 Å². The van der Waals surface area contributed by atoms with Gasteiger partial charge in [0.25, 0.3) is 0 Å². The van der Waals surface area contributed by atoms with Crippen LogP contribution in [0.2, 0.25) is 0 Å². The molecule has 1 spiro atoms. The van der Waals surface area contributed by atoms with Crippen LogP contribution >= 0.6 is 0 Å². The molecule has 0 aromatic heterocycles. The van der Waals surface area contributed by atoms with Gasteiger partial charge in [-0.25, -0.2) is 0 Å². The van der Waals surface area contributed by atoms with Gasteiger partial charge in [-0.2, -0.15) is 0 Å². The first-order valence-corrected chi connectivity index (χ1v) is 5.61. The van der Waals surface area contributed by atoms with E-state index in [0.717, 1.165) is 45.3 Å². The van der Waals surface area contributed by atoms with Crippen molar-refractivity contribution in [2.45, 2.75) is 37.9 Å². The van der Waals surface area contributed by atoms with Gasteiger partial charge in [-0.1, -0.05) is 0 Å². The molecule has 78 valence electrons. The summed E-state index contributed by atoms with van der Waals surface area (Å²) in [6.45, 7) is 1.52. The molecule has 14 heavy (non-hydrogen) atoms. The topological polar surface area (TPSA) is 35.5 Å². The van der Waals surface area contributed by atoms with Crippen molar-refractivity contribution in [3.8, 4) is 0 Å². The van der Waals surface area contributed by atoms with Crippen LogP contribution in [0.15, 0.2) is 0 Å². The lowest BCUT2D eigenvalue weighted by atomic mass is 9.92. The van der Waals surface area contributed by atoms with E-state index in [1.807, 2.05) is 0 Å². The first kappa shape index (κ1) is 8.86. The highest BCUT2D eigenvalue weighted by molar-refractivity contribution is 5.85. The van der Waals surface area contributed by atoms with Crippen LogP contribution in [0, 0.1) is 11.8 Å². The quantitative estimate of drug-likeness (QED) is 0.589. The molecule has 0 radical (unpaired) electrons. The highest BCUT2D eigenvalue weighted by atomic mass is 16.7. The molecule has 0 aromatic rings. The van der Waals surface area contributed by atoms with E-state index in [-0.39, 0.29) is 5.92 Å². The Labute approximate surface area is 83.8 Å². The standard InChI is InChI=1S/C11H16O3/c12-10-6-8-5-9(10)11(7-8)13-3-1-2-4-14-11/h8-9H,1-7H2. The maximum absolute atomic E-state index is 11.7. The van der Waals surface area contributed by atoms with Crippen molar-refractivity contribution in [3.63, 3.8) is 0 Å². The molecule has 1 saturated heterocycles. The second-order valence-corrected chi connectivity index (χ2v) is 4.74. The van der Waals surface area contributed by atoms with Crippen LogP contribution in [-0.2, 0) is 14.3 Å². The fourth-order valence-corrected chi connectivity index (χ4v) is 3.15. The third kappa shape index (κ3) is 1.15. The van der Waals surface area contributed by atoms with Crippen LogP contribution in [0.4, 0.5) is 0 Å². The molecule has 3 fully saturated rings. The Balaban J connectivity index is 1.85. The fourth-order valence-electron chi connectivity index (χ4n) is 3.15. The van der Waals surface area contributed by atoms with E-state index in [9.17, 15) is 4.79 Å². The summed E-state index contributed by atoms with van der Waals surface area (Å²) in [7, 11) is 0.